The van der Waals surface area contributed by atoms with Crippen LogP contribution in [0.1, 0.15) is 6.42 Å². The Kier molecular flexibility index (Phi) is 3.84. The van der Waals surface area contributed by atoms with E-state index in [1.165, 1.54) is 16.4 Å². The number of aliphatic carboxylic acids is 1. The van der Waals surface area contributed by atoms with Gasteiger partial charge in [-0.3, -0.25) is 4.79 Å². The predicted octanol–water partition coefficient (Wildman–Crippen LogP) is -0.896. The van der Waals surface area contributed by atoms with Crippen molar-refractivity contribution < 1.29 is 9.90 Å². The van der Waals surface area contributed by atoms with Crippen molar-refractivity contribution in [1.29, 1.82) is 0 Å². The van der Waals surface area contributed by atoms with Crippen molar-refractivity contribution in [3.8, 4) is 0 Å². The van der Waals surface area contributed by atoms with Crippen LogP contribution < -0.4 is 5.73 Å². The van der Waals surface area contributed by atoms with Gasteiger partial charge in [0.05, 0.1) is 0 Å². The molecule has 7 nitrogen and oxygen atoms in total. The maximum atomic E-state index is 10.4. The number of carboxylic acids is 1. The van der Waals surface area contributed by atoms with Gasteiger partial charge in [-0.25, -0.2) is 4.68 Å². The highest BCUT2D eigenvalue weighted by atomic mass is 32.2. The zero-order valence-corrected chi connectivity index (χ0v) is 8.44. The summed E-state index contributed by atoms with van der Waals surface area (Å²) < 4.78 is 1.52. The van der Waals surface area contributed by atoms with Crippen LogP contribution in [0.4, 0.5) is 0 Å². The molecular weight excluding hydrogens is 206 g/mol. The molecule has 0 radical (unpaired) electrons. The van der Waals surface area contributed by atoms with Gasteiger partial charge in [-0.1, -0.05) is 11.8 Å². The molecule has 1 rings (SSSR count). The van der Waals surface area contributed by atoms with Crippen molar-refractivity contribution in [2.24, 2.45) is 12.8 Å². The highest BCUT2D eigenvalue weighted by Crippen LogP contribution is 2.13. The Labute approximate surface area is 84.7 Å². The number of hydrogen-bond donors (Lipinski definition) is 2. The normalized spacial score (nSPS) is 12.7. The third-order valence-corrected chi connectivity index (χ3v) is 2.60. The Morgan fingerprint density at radius 2 is 2.50 bits per heavy atom. The Bertz CT molecular complexity index is 315. The summed E-state index contributed by atoms with van der Waals surface area (Å²) in [4.78, 5) is 10.4. The molecule has 0 aliphatic heterocycles. The number of nitrogens with zero attached hydrogens (tertiary/aromatic N) is 4. The van der Waals surface area contributed by atoms with Crippen LogP contribution in [0.5, 0.6) is 0 Å². The molecule has 0 saturated carbocycles. The first-order valence-electron chi connectivity index (χ1n) is 3.95. The molecule has 0 spiro atoms. The zero-order valence-electron chi connectivity index (χ0n) is 7.62. The molecular formula is C6H11N5O2S. The van der Waals surface area contributed by atoms with Gasteiger partial charge in [0.2, 0.25) is 5.16 Å². The molecule has 0 amide bonds. The van der Waals surface area contributed by atoms with E-state index in [1.807, 2.05) is 0 Å². The van der Waals surface area contributed by atoms with Crippen molar-refractivity contribution in [2.75, 3.05) is 5.75 Å². The number of hydrogen-bond acceptors (Lipinski definition) is 6. The molecule has 0 aliphatic rings. The second-order valence-electron chi connectivity index (χ2n) is 2.67. The summed E-state index contributed by atoms with van der Waals surface area (Å²) in [5.74, 6) is -0.400. The van der Waals surface area contributed by atoms with Gasteiger partial charge in [0.1, 0.15) is 6.04 Å². The second kappa shape index (κ2) is 4.91. The lowest BCUT2D eigenvalue weighted by Gasteiger charge is -2.04. The molecule has 1 heterocycles. The van der Waals surface area contributed by atoms with Gasteiger partial charge in [0, 0.05) is 12.8 Å². The summed E-state index contributed by atoms with van der Waals surface area (Å²) in [5.41, 5.74) is 5.32. The Morgan fingerprint density at radius 3 is 3.00 bits per heavy atom. The van der Waals surface area contributed by atoms with E-state index in [4.69, 9.17) is 10.8 Å². The molecule has 8 heteroatoms. The lowest BCUT2D eigenvalue weighted by atomic mass is 10.2. The summed E-state index contributed by atoms with van der Waals surface area (Å²) >= 11 is 1.38. The van der Waals surface area contributed by atoms with Crippen molar-refractivity contribution in [1.82, 2.24) is 20.2 Å². The van der Waals surface area contributed by atoms with Gasteiger partial charge in [-0.05, 0) is 16.8 Å². The number of rotatable bonds is 5. The maximum Gasteiger partial charge on any atom is 0.320 e. The standard InChI is InChI=1S/C6H11N5O2S/c1-11-6(8-9-10-11)14-3-2-4(7)5(12)13/h4H,2-3,7H2,1H3,(H,12,13). The van der Waals surface area contributed by atoms with E-state index in [0.29, 0.717) is 17.3 Å². The van der Waals surface area contributed by atoms with Gasteiger partial charge in [0.25, 0.3) is 0 Å². The molecule has 1 aromatic heterocycles. The molecule has 0 aliphatic carbocycles. The van der Waals surface area contributed by atoms with Gasteiger partial charge >= 0.3 is 5.97 Å². The van der Waals surface area contributed by atoms with E-state index in [9.17, 15) is 4.79 Å². The van der Waals surface area contributed by atoms with Gasteiger partial charge < -0.3 is 10.8 Å². The molecule has 1 unspecified atom stereocenters. The van der Waals surface area contributed by atoms with E-state index in [1.54, 1.807) is 7.05 Å². The molecule has 1 atom stereocenters. The average Bonchev–Trinajstić information content (AvgIpc) is 2.51. The molecule has 14 heavy (non-hydrogen) atoms. The van der Waals surface area contributed by atoms with Crippen molar-refractivity contribution in [3.05, 3.63) is 0 Å². The minimum Gasteiger partial charge on any atom is -0.480 e. The molecule has 3 N–H and O–H groups in total. The van der Waals surface area contributed by atoms with E-state index in [2.05, 4.69) is 15.5 Å². The first-order chi connectivity index (χ1) is 6.61. The fourth-order valence-electron chi connectivity index (χ4n) is 0.744. The Hall–Kier alpha value is -1.15. The minimum atomic E-state index is -0.985. The SMILES string of the molecule is Cn1nnnc1SCCC(N)C(=O)O. The fraction of sp³-hybridized carbons (Fsp3) is 0.667. The van der Waals surface area contributed by atoms with Gasteiger partial charge in [-0.2, -0.15) is 0 Å². The van der Waals surface area contributed by atoms with Gasteiger partial charge in [0.15, 0.2) is 0 Å². The zero-order chi connectivity index (χ0) is 10.6. The van der Waals surface area contributed by atoms with Crippen LogP contribution in [0.2, 0.25) is 0 Å². The molecule has 0 fully saturated rings. The largest absolute Gasteiger partial charge is 0.480 e. The Balaban J connectivity index is 2.29. The quantitative estimate of drug-likeness (QED) is 0.616. The number of tetrazole rings is 1. The molecule has 78 valence electrons. The minimum absolute atomic E-state index is 0.396. The van der Waals surface area contributed by atoms with Crippen molar-refractivity contribution >= 4 is 17.7 Å². The third-order valence-electron chi connectivity index (χ3n) is 1.56. The summed E-state index contributed by atoms with van der Waals surface area (Å²) in [5, 5.41) is 20.0. The number of thioether (sulfide) groups is 1. The maximum absolute atomic E-state index is 10.4. The first-order valence-corrected chi connectivity index (χ1v) is 4.93. The monoisotopic (exact) mass is 217 g/mol. The molecule has 0 aromatic carbocycles. The van der Waals surface area contributed by atoms with Gasteiger partial charge in [-0.15, -0.1) is 5.10 Å². The number of aromatic nitrogens is 4. The summed E-state index contributed by atoms with van der Waals surface area (Å²) in [6.45, 7) is 0. The van der Waals surface area contributed by atoms with Crippen LogP contribution in [0.3, 0.4) is 0 Å². The van der Waals surface area contributed by atoms with Crippen LogP contribution in [0, 0.1) is 0 Å². The highest BCUT2D eigenvalue weighted by molar-refractivity contribution is 7.99. The van der Waals surface area contributed by atoms with Crippen molar-refractivity contribution in [2.45, 2.75) is 17.6 Å². The molecule has 1 aromatic rings. The number of carbonyl (C=O) groups is 1. The first kappa shape index (κ1) is 10.9. The molecule has 0 bridgehead atoms. The summed E-state index contributed by atoms with van der Waals surface area (Å²) in [6, 6.07) is -0.816. The predicted molar refractivity (Wildman–Crippen MR) is 49.8 cm³/mol. The summed E-state index contributed by atoms with van der Waals surface area (Å²) in [6.07, 6.45) is 0.396. The summed E-state index contributed by atoms with van der Waals surface area (Å²) in [7, 11) is 1.72. The highest BCUT2D eigenvalue weighted by Gasteiger charge is 2.11. The average molecular weight is 217 g/mol. The fourth-order valence-corrected chi connectivity index (χ4v) is 1.62. The van der Waals surface area contributed by atoms with Crippen LogP contribution in [-0.2, 0) is 11.8 Å². The lowest BCUT2D eigenvalue weighted by Crippen LogP contribution is -2.30. The van der Waals surface area contributed by atoms with Crippen LogP contribution >= 0.6 is 11.8 Å². The van der Waals surface area contributed by atoms with Crippen LogP contribution in [0.25, 0.3) is 0 Å². The lowest BCUT2D eigenvalue weighted by molar-refractivity contribution is -0.138. The van der Waals surface area contributed by atoms with E-state index >= 15 is 0 Å². The second-order valence-corrected chi connectivity index (χ2v) is 3.73. The topological polar surface area (TPSA) is 107 Å². The van der Waals surface area contributed by atoms with E-state index < -0.39 is 12.0 Å². The number of aryl methyl sites for hydroxylation is 1. The van der Waals surface area contributed by atoms with E-state index in [-0.39, 0.29) is 0 Å². The van der Waals surface area contributed by atoms with Crippen LogP contribution in [0.15, 0.2) is 5.16 Å². The molecule has 0 saturated heterocycles. The number of carboxylic acid groups (broad SMARTS) is 1. The number of nitrogens with two attached hydrogens (primary N) is 1. The van der Waals surface area contributed by atoms with E-state index in [0.717, 1.165) is 0 Å². The van der Waals surface area contributed by atoms with Crippen molar-refractivity contribution in [3.63, 3.8) is 0 Å². The van der Waals surface area contributed by atoms with Crippen LogP contribution in [-0.4, -0.2) is 43.1 Å². The third kappa shape index (κ3) is 2.96. The Morgan fingerprint density at radius 1 is 1.79 bits per heavy atom. The smallest absolute Gasteiger partial charge is 0.320 e.